The van der Waals surface area contributed by atoms with E-state index in [0.29, 0.717) is 17.3 Å². The number of hydrogen-bond donors (Lipinski definition) is 2. The van der Waals surface area contributed by atoms with E-state index in [1.807, 2.05) is 11.4 Å². The summed E-state index contributed by atoms with van der Waals surface area (Å²) in [5, 5.41) is 5.27. The predicted molar refractivity (Wildman–Crippen MR) is 77.6 cm³/mol. The van der Waals surface area contributed by atoms with Gasteiger partial charge in [-0.05, 0) is 44.4 Å². The summed E-state index contributed by atoms with van der Waals surface area (Å²) in [7, 11) is 2.10. The lowest BCUT2D eigenvalue weighted by molar-refractivity contribution is 0.188. The Bertz CT molecular complexity index is 614. The van der Waals surface area contributed by atoms with Gasteiger partial charge in [0.25, 0.3) is 5.56 Å². The van der Waals surface area contributed by atoms with Crippen LogP contribution < -0.4 is 10.9 Å². The van der Waals surface area contributed by atoms with E-state index in [-0.39, 0.29) is 5.56 Å². The van der Waals surface area contributed by atoms with E-state index in [0.717, 1.165) is 37.3 Å². The maximum Gasteiger partial charge on any atom is 0.268 e. The fourth-order valence-electron chi connectivity index (χ4n) is 2.61. The van der Waals surface area contributed by atoms with Gasteiger partial charge >= 0.3 is 0 Å². The maximum atomic E-state index is 11.9. The second kappa shape index (κ2) is 5.40. The molecule has 6 heteroatoms. The number of nitrogens with zero attached hydrogens (tertiary/aromatic N) is 2. The Labute approximate surface area is 115 Å². The van der Waals surface area contributed by atoms with Gasteiger partial charge in [-0.1, -0.05) is 0 Å². The van der Waals surface area contributed by atoms with Crippen molar-refractivity contribution in [2.75, 3.05) is 20.1 Å². The lowest BCUT2D eigenvalue weighted by atomic mass is 10.1. The van der Waals surface area contributed by atoms with Gasteiger partial charge in [-0.2, -0.15) is 0 Å². The van der Waals surface area contributed by atoms with Crippen molar-refractivity contribution in [1.82, 2.24) is 20.2 Å². The van der Waals surface area contributed by atoms with E-state index in [4.69, 9.17) is 0 Å². The number of aromatic nitrogens is 2. The molecule has 19 heavy (non-hydrogen) atoms. The highest BCUT2D eigenvalue weighted by atomic mass is 32.1. The molecule has 1 aliphatic heterocycles. The number of fused-ring (bicyclic) bond motifs is 1. The van der Waals surface area contributed by atoms with Crippen LogP contribution in [-0.4, -0.2) is 41.0 Å². The molecule has 0 aliphatic carbocycles. The molecule has 1 fully saturated rings. The Morgan fingerprint density at radius 1 is 1.47 bits per heavy atom. The smallest absolute Gasteiger partial charge is 0.268 e. The van der Waals surface area contributed by atoms with Crippen molar-refractivity contribution >= 4 is 21.6 Å². The van der Waals surface area contributed by atoms with Crippen molar-refractivity contribution in [3.63, 3.8) is 0 Å². The molecule has 2 N–H and O–H groups in total. The van der Waals surface area contributed by atoms with Crippen LogP contribution in [0.2, 0.25) is 0 Å². The van der Waals surface area contributed by atoms with E-state index in [2.05, 4.69) is 27.2 Å². The Morgan fingerprint density at radius 2 is 2.26 bits per heavy atom. The molecule has 102 valence electrons. The fourth-order valence-corrected chi connectivity index (χ4v) is 3.33. The molecular formula is C13H18N4OS. The van der Waals surface area contributed by atoms with Crippen LogP contribution in [0.1, 0.15) is 18.7 Å². The number of piperidine rings is 1. The Kier molecular flexibility index (Phi) is 3.63. The van der Waals surface area contributed by atoms with E-state index >= 15 is 0 Å². The van der Waals surface area contributed by atoms with E-state index < -0.39 is 0 Å². The Balaban J connectivity index is 1.78. The second-order valence-corrected chi connectivity index (χ2v) is 5.96. The number of rotatable bonds is 3. The molecule has 0 aromatic carbocycles. The van der Waals surface area contributed by atoms with Gasteiger partial charge in [0.2, 0.25) is 0 Å². The molecule has 0 amide bonds. The van der Waals surface area contributed by atoms with Crippen LogP contribution in [0, 0.1) is 0 Å². The molecule has 5 nitrogen and oxygen atoms in total. The first-order valence-electron chi connectivity index (χ1n) is 6.61. The van der Waals surface area contributed by atoms with Gasteiger partial charge in [-0.25, -0.2) is 4.98 Å². The first kappa shape index (κ1) is 12.8. The standard InChI is InChI=1S/C13H18N4OS/c1-17(9-2-5-14-6-3-9)8-11-15-10-4-7-19-12(10)13(18)16-11/h4,7,9,14H,2-3,5-6,8H2,1H3,(H,15,16,18). The summed E-state index contributed by atoms with van der Waals surface area (Å²) < 4.78 is 0.716. The third-order valence-electron chi connectivity index (χ3n) is 3.70. The molecule has 0 spiro atoms. The number of H-pyrrole nitrogens is 1. The lowest BCUT2D eigenvalue weighted by Gasteiger charge is -2.31. The largest absolute Gasteiger partial charge is 0.317 e. The molecule has 0 radical (unpaired) electrons. The number of aromatic amines is 1. The zero-order valence-electron chi connectivity index (χ0n) is 11.0. The SMILES string of the molecule is CN(Cc1nc2ccsc2c(=O)[nH]1)C1CCNCC1. The van der Waals surface area contributed by atoms with Crippen molar-refractivity contribution < 1.29 is 0 Å². The lowest BCUT2D eigenvalue weighted by Crippen LogP contribution is -2.41. The quantitative estimate of drug-likeness (QED) is 0.885. The zero-order valence-corrected chi connectivity index (χ0v) is 11.8. The maximum absolute atomic E-state index is 11.9. The zero-order chi connectivity index (χ0) is 13.2. The summed E-state index contributed by atoms with van der Waals surface area (Å²) in [6, 6.07) is 2.48. The van der Waals surface area contributed by atoms with Crippen LogP contribution in [0.15, 0.2) is 16.2 Å². The number of hydrogen-bond acceptors (Lipinski definition) is 5. The molecule has 0 bridgehead atoms. The van der Waals surface area contributed by atoms with E-state index in [1.165, 1.54) is 11.3 Å². The third-order valence-corrected chi connectivity index (χ3v) is 4.60. The van der Waals surface area contributed by atoms with Crippen molar-refractivity contribution in [1.29, 1.82) is 0 Å². The third kappa shape index (κ3) is 2.70. The first-order chi connectivity index (χ1) is 9.24. The molecule has 0 saturated carbocycles. The molecule has 2 aromatic heterocycles. The van der Waals surface area contributed by atoms with Crippen molar-refractivity contribution in [3.8, 4) is 0 Å². The normalized spacial score (nSPS) is 17.4. The van der Waals surface area contributed by atoms with Crippen LogP contribution in [0.3, 0.4) is 0 Å². The van der Waals surface area contributed by atoms with Crippen LogP contribution in [-0.2, 0) is 6.54 Å². The van der Waals surface area contributed by atoms with Gasteiger partial charge in [-0.3, -0.25) is 9.69 Å². The minimum absolute atomic E-state index is 0.0197. The summed E-state index contributed by atoms with van der Waals surface area (Å²) in [4.78, 5) is 21.6. The van der Waals surface area contributed by atoms with Crippen LogP contribution in [0.25, 0.3) is 10.2 Å². The van der Waals surface area contributed by atoms with Gasteiger partial charge < -0.3 is 10.3 Å². The molecule has 2 aromatic rings. The average molecular weight is 278 g/mol. The Morgan fingerprint density at radius 3 is 3.05 bits per heavy atom. The molecule has 0 unspecified atom stereocenters. The molecule has 3 rings (SSSR count). The monoisotopic (exact) mass is 278 g/mol. The minimum Gasteiger partial charge on any atom is -0.317 e. The predicted octanol–water partition coefficient (Wildman–Crippen LogP) is 1.17. The van der Waals surface area contributed by atoms with Gasteiger partial charge in [-0.15, -0.1) is 11.3 Å². The van der Waals surface area contributed by atoms with Gasteiger partial charge in [0.05, 0.1) is 12.1 Å². The highest BCUT2D eigenvalue weighted by Crippen LogP contribution is 2.15. The number of nitrogens with one attached hydrogen (secondary N) is 2. The highest BCUT2D eigenvalue weighted by Gasteiger charge is 2.18. The molecular weight excluding hydrogens is 260 g/mol. The van der Waals surface area contributed by atoms with E-state index in [9.17, 15) is 4.79 Å². The molecule has 3 heterocycles. The second-order valence-electron chi connectivity index (χ2n) is 5.04. The van der Waals surface area contributed by atoms with Crippen molar-refractivity contribution in [2.24, 2.45) is 0 Å². The summed E-state index contributed by atoms with van der Waals surface area (Å²) in [6.07, 6.45) is 2.31. The van der Waals surface area contributed by atoms with Crippen molar-refractivity contribution in [2.45, 2.75) is 25.4 Å². The molecule has 1 aliphatic rings. The summed E-state index contributed by atoms with van der Waals surface area (Å²) in [5.41, 5.74) is 0.788. The van der Waals surface area contributed by atoms with Crippen LogP contribution >= 0.6 is 11.3 Å². The minimum atomic E-state index is -0.0197. The Hall–Kier alpha value is -1.24. The average Bonchev–Trinajstić information content (AvgIpc) is 2.88. The topological polar surface area (TPSA) is 61.0 Å². The van der Waals surface area contributed by atoms with Crippen LogP contribution in [0.4, 0.5) is 0 Å². The van der Waals surface area contributed by atoms with Gasteiger partial charge in [0.1, 0.15) is 10.5 Å². The molecule has 0 atom stereocenters. The fraction of sp³-hybridized carbons (Fsp3) is 0.538. The van der Waals surface area contributed by atoms with Gasteiger partial charge in [0.15, 0.2) is 0 Å². The van der Waals surface area contributed by atoms with Crippen LogP contribution in [0.5, 0.6) is 0 Å². The number of thiophene rings is 1. The summed E-state index contributed by atoms with van der Waals surface area (Å²) >= 11 is 1.44. The molecule has 1 saturated heterocycles. The first-order valence-corrected chi connectivity index (χ1v) is 7.49. The van der Waals surface area contributed by atoms with Gasteiger partial charge in [0, 0.05) is 6.04 Å². The van der Waals surface area contributed by atoms with Crippen molar-refractivity contribution in [3.05, 3.63) is 27.6 Å². The summed E-state index contributed by atoms with van der Waals surface area (Å²) in [6.45, 7) is 2.84. The van der Waals surface area contributed by atoms with E-state index in [1.54, 1.807) is 0 Å². The summed E-state index contributed by atoms with van der Waals surface area (Å²) in [5.74, 6) is 0.761. The highest BCUT2D eigenvalue weighted by molar-refractivity contribution is 7.17.